The molecule has 3 rings (SSSR count). The number of fused-ring (bicyclic) bond motifs is 1. The zero-order valence-electron chi connectivity index (χ0n) is 14.1. The Morgan fingerprint density at radius 1 is 1.23 bits per heavy atom. The van der Waals surface area contributed by atoms with Crippen molar-refractivity contribution < 1.29 is 14.3 Å². The maximum atomic E-state index is 12.0. The highest BCUT2D eigenvalue weighted by molar-refractivity contribution is 7.71. The second-order valence-electron chi connectivity index (χ2n) is 5.73. The van der Waals surface area contributed by atoms with Crippen molar-refractivity contribution in [1.82, 2.24) is 15.4 Å². The molecule has 0 spiro atoms. The molecule has 1 aliphatic heterocycles. The smallest absolute Gasteiger partial charge is 0.251 e. The second-order valence-corrected chi connectivity index (χ2v) is 6.14. The van der Waals surface area contributed by atoms with E-state index in [1.54, 1.807) is 6.92 Å². The largest absolute Gasteiger partial charge is 0.490 e. The highest BCUT2D eigenvalue weighted by atomic mass is 32.1. The van der Waals surface area contributed by atoms with Crippen LogP contribution in [0.2, 0.25) is 0 Å². The molecule has 136 valence electrons. The number of hydrazone groups is 1. The number of benzene rings is 1. The summed E-state index contributed by atoms with van der Waals surface area (Å²) in [4.78, 5) is 28.5. The van der Waals surface area contributed by atoms with Crippen LogP contribution in [0.15, 0.2) is 34.2 Å². The van der Waals surface area contributed by atoms with Crippen molar-refractivity contribution in [2.45, 2.75) is 19.8 Å². The number of aromatic amines is 2. The molecular formula is C17H18N4O4S. The van der Waals surface area contributed by atoms with E-state index < -0.39 is 0 Å². The number of amides is 1. The molecule has 0 saturated heterocycles. The Morgan fingerprint density at radius 2 is 2.00 bits per heavy atom. The number of hydrogen-bond acceptors (Lipinski definition) is 6. The summed E-state index contributed by atoms with van der Waals surface area (Å²) < 4.78 is 11.4. The minimum absolute atomic E-state index is 0.0362. The van der Waals surface area contributed by atoms with Gasteiger partial charge < -0.3 is 14.5 Å². The molecule has 1 aromatic heterocycles. The number of H-pyrrole nitrogens is 2. The first kappa shape index (κ1) is 17.9. The SMILES string of the molecule is C/C(=N/NC(=O)Cc1cc(=O)[nH]c(=S)[nH]1)c1ccc2c(c1)OCCCO2. The van der Waals surface area contributed by atoms with Gasteiger partial charge in [-0.1, -0.05) is 0 Å². The van der Waals surface area contributed by atoms with Crippen molar-refractivity contribution in [1.29, 1.82) is 0 Å². The van der Waals surface area contributed by atoms with Gasteiger partial charge in [-0.05, 0) is 37.3 Å². The fourth-order valence-electron chi connectivity index (χ4n) is 2.43. The Bertz CT molecular complexity index is 935. The zero-order chi connectivity index (χ0) is 18.5. The van der Waals surface area contributed by atoms with Crippen LogP contribution in [0.1, 0.15) is 24.6 Å². The number of nitrogens with zero attached hydrogens (tertiary/aromatic N) is 1. The molecule has 0 unspecified atom stereocenters. The molecule has 3 N–H and O–H groups in total. The number of carbonyl (C=O) groups excluding carboxylic acids is 1. The normalized spacial score (nSPS) is 13.8. The monoisotopic (exact) mass is 374 g/mol. The molecule has 1 aliphatic rings. The van der Waals surface area contributed by atoms with Gasteiger partial charge in [-0.2, -0.15) is 5.10 Å². The van der Waals surface area contributed by atoms with Crippen LogP contribution in [0.25, 0.3) is 0 Å². The molecule has 0 atom stereocenters. The van der Waals surface area contributed by atoms with Crippen LogP contribution < -0.4 is 20.5 Å². The van der Waals surface area contributed by atoms with Crippen LogP contribution in [-0.4, -0.2) is 34.8 Å². The van der Waals surface area contributed by atoms with Crippen LogP contribution in [0.3, 0.4) is 0 Å². The summed E-state index contributed by atoms with van der Waals surface area (Å²) in [5, 5.41) is 4.10. The van der Waals surface area contributed by atoms with E-state index in [1.165, 1.54) is 6.07 Å². The van der Waals surface area contributed by atoms with Gasteiger partial charge in [0.2, 0.25) is 5.91 Å². The molecule has 8 nitrogen and oxygen atoms in total. The van der Waals surface area contributed by atoms with Crippen molar-refractivity contribution in [3.8, 4) is 11.5 Å². The lowest BCUT2D eigenvalue weighted by Gasteiger charge is -2.09. The Morgan fingerprint density at radius 3 is 2.77 bits per heavy atom. The van der Waals surface area contributed by atoms with Crippen LogP contribution in [0.5, 0.6) is 11.5 Å². The van der Waals surface area contributed by atoms with E-state index in [9.17, 15) is 9.59 Å². The summed E-state index contributed by atoms with van der Waals surface area (Å²) in [6.45, 7) is 3.00. The predicted octanol–water partition coefficient (Wildman–Crippen LogP) is 1.68. The second kappa shape index (κ2) is 7.96. The van der Waals surface area contributed by atoms with Crippen molar-refractivity contribution in [3.05, 3.63) is 50.6 Å². The first-order chi connectivity index (χ1) is 12.5. The lowest BCUT2D eigenvalue weighted by atomic mass is 10.1. The van der Waals surface area contributed by atoms with Crippen molar-refractivity contribution >= 4 is 23.8 Å². The predicted molar refractivity (Wildman–Crippen MR) is 98.4 cm³/mol. The zero-order valence-corrected chi connectivity index (χ0v) is 14.9. The average molecular weight is 374 g/mol. The Kier molecular flexibility index (Phi) is 5.47. The van der Waals surface area contributed by atoms with Gasteiger partial charge in [0, 0.05) is 23.7 Å². The Labute approximate surface area is 154 Å². The molecule has 0 fully saturated rings. The number of carbonyl (C=O) groups is 1. The van der Waals surface area contributed by atoms with E-state index in [0.717, 1.165) is 12.0 Å². The van der Waals surface area contributed by atoms with Crippen LogP contribution in [0.4, 0.5) is 0 Å². The molecule has 0 saturated carbocycles. The molecule has 0 aliphatic carbocycles. The molecular weight excluding hydrogens is 356 g/mol. The van der Waals surface area contributed by atoms with E-state index in [-0.39, 0.29) is 22.7 Å². The molecule has 0 bridgehead atoms. The third-order valence-electron chi connectivity index (χ3n) is 3.68. The number of rotatable bonds is 4. The number of aromatic nitrogens is 2. The first-order valence-corrected chi connectivity index (χ1v) is 8.48. The summed E-state index contributed by atoms with van der Waals surface area (Å²) in [5.41, 5.74) is 3.96. The molecule has 9 heteroatoms. The average Bonchev–Trinajstić information content (AvgIpc) is 2.83. The fraction of sp³-hybridized carbons (Fsp3) is 0.294. The van der Waals surface area contributed by atoms with Gasteiger partial charge in [-0.15, -0.1) is 0 Å². The molecule has 1 amide bonds. The summed E-state index contributed by atoms with van der Waals surface area (Å²) in [6.07, 6.45) is 0.796. The van der Waals surface area contributed by atoms with Gasteiger partial charge in [-0.3, -0.25) is 14.6 Å². The topological polar surface area (TPSA) is 109 Å². The highest BCUT2D eigenvalue weighted by Gasteiger charge is 2.12. The van der Waals surface area contributed by atoms with Crippen molar-refractivity contribution in [2.24, 2.45) is 5.10 Å². The molecule has 2 aromatic rings. The third-order valence-corrected chi connectivity index (χ3v) is 3.88. The highest BCUT2D eigenvalue weighted by Crippen LogP contribution is 2.30. The van der Waals surface area contributed by atoms with Gasteiger partial charge in [0.1, 0.15) is 0 Å². The van der Waals surface area contributed by atoms with E-state index in [0.29, 0.717) is 36.1 Å². The van der Waals surface area contributed by atoms with E-state index in [1.807, 2.05) is 18.2 Å². The minimum Gasteiger partial charge on any atom is -0.490 e. The maximum absolute atomic E-state index is 12.0. The standard InChI is InChI=1S/C17H18N4O4S/c1-10(11-3-4-13-14(7-11)25-6-2-5-24-13)20-21-16(23)9-12-8-15(22)19-17(26)18-12/h3-4,7-8H,2,5-6,9H2,1H3,(H,21,23)(H2,18,19,22,26)/b20-10-. The fourth-order valence-corrected chi connectivity index (χ4v) is 2.66. The third kappa shape index (κ3) is 4.57. The Balaban J connectivity index is 1.68. The Hall–Kier alpha value is -2.94. The summed E-state index contributed by atoms with van der Waals surface area (Å²) in [5.74, 6) is 1.000. The lowest BCUT2D eigenvalue weighted by molar-refractivity contribution is -0.120. The first-order valence-electron chi connectivity index (χ1n) is 8.07. The minimum atomic E-state index is -0.366. The van der Waals surface area contributed by atoms with Gasteiger partial charge >= 0.3 is 0 Å². The molecule has 2 heterocycles. The van der Waals surface area contributed by atoms with Crippen LogP contribution >= 0.6 is 12.2 Å². The molecule has 26 heavy (non-hydrogen) atoms. The van der Waals surface area contributed by atoms with Crippen molar-refractivity contribution in [2.75, 3.05) is 13.2 Å². The maximum Gasteiger partial charge on any atom is 0.251 e. The summed E-state index contributed by atoms with van der Waals surface area (Å²) >= 11 is 4.88. The van der Waals surface area contributed by atoms with Crippen LogP contribution in [0, 0.1) is 4.77 Å². The molecule has 0 radical (unpaired) electrons. The van der Waals surface area contributed by atoms with Crippen LogP contribution in [-0.2, 0) is 11.2 Å². The van der Waals surface area contributed by atoms with Crippen molar-refractivity contribution in [3.63, 3.8) is 0 Å². The quantitative estimate of drug-likeness (QED) is 0.429. The summed E-state index contributed by atoms with van der Waals surface area (Å²) in [6, 6.07) is 6.80. The van der Waals surface area contributed by atoms with Gasteiger partial charge in [0.25, 0.3) is 5.56 Å². The lowest BCUT2D eigenvalue weighted by Crippen LogP contribution is -2.23. The number of ether oxygens (including phenoxy) is 2. The van der Waals surface area contributed by atoms with E-state index >= 15 is 0 Å². The number of nitrogens with one attached hydrogen (secondary N) is 3. The van der Waals surface area contributed by atoms with E-state index in [4.69, 9.17) is 21.7 Å². The molecule has 1 aromatic carbocycles. The van der Waals surface area contributed by atoms with Gasteiger partial charge in [0.05, 0.1) is 25.3 Å². The number of hydrogen-bond donors (Lipinski definition) is 3. The van der Waals surface area contributed by atoms with Gasteiger partial charge in [0.15, 0.2) is 16.3 Å². The summed E-state index contributed by atoms with van der Waals surface area (Å²) in [7, 11) is 0. The van der Waals surface area contributed by atoms with Gasteiger partial charge in [-0.25, -0.2) is 5.43 Å². The van der Waals surface area contributed by atoms with E-state index in [2.05, 4.69) is 20.5 Å².